The average molecular weight is 421 g/mol. The third-order valence-corrected chi connectivity index (χ3v) is 7.93. The van der Waals surface area contributed by atoms with Crippen molar-refractivity contribution in [1.82, 2.24) is 0 Å². The van der Waals surface area contributed by atoms with Crippen LogP contribution in [0.15, 0.2) is 18.2 Å². The summed E-state index contributed by atoms with van der Waals surface area (Å²) in [5.41, 5.74) is 0.400. The normalized spacial score (nSPS) is 39.8. The molecule has 0 amide bonds. The second-order valence-electron chi connectivity index (χ2n) is 8.81. The molecule has 6 nitrogen and oxygen atoms in total. The molecule has 6 rings (SSSR count). The number of carbonyl (C=O) groups excluding carboxylic acids is 1. The molecule has 5 aliphatic rings. The molecule has 4 saturated carbocycles. The summed E-state index contributed by atoms with van der Waals surface area (Å²) in [4.78, 5) is 23.0. The minimum absolute atomic E-state index is 0.129. The lowest BCUT2D eigenvalue weighted by atomic mass is 9.47. The van der Waals surface area contributed by atoms with E-state index in [2.05, 4.69) is 4.74 Å². The molecule has 29 heavy (non-hydrogen) atoms. The highest BCUT2D eigenvalue weighted by atomic mass is 35.5. The number of hydrogen-bond donors (Lipinski definition) is 1. The molecule has 7 heteroatoms. The number of carbonyl (C=O) groups is 1. The van der Waals surface area contributed by atoms with E-state index in [1.165, 1.54) is 25.7 Å². The number of phenolic OH excluding ortho intramolecular Hbond substituents is 1. The Balaban J connectivity index is 1.55. The highest BCUT2D eigenvalue weighted by Crippen LogP contribution is 2.70. The maximum atomic E-state index is 11.4. The average Bonchev–Trinajstić information content (AvgIpc) is 2.69. The maximum absolute atomic E-state index is 11.4. The Morgan fingerprint density at radius 3 is 2.31 bits per heavy atom. The quantitative estimate of drug-likeness (QED) is 0.447. The van der Waals surface area contributed by atoms with E-state index in [4.69, 9.17) is 26.1 Å². The standard InChI is InChI=1S/C22H25ClO6/c1-26-18(24)6-4-14-3-5-17(19(23)20(14)25)22(27-2)21(28-29-22)15-8-12-7-13(10-15)11-16(21)9-12/h3-6,12-13,15-16,25H,7-11H2,1-2H3/b6-4+. The van der Waals surface area contributed by atoms with Crippen LogP contribution < -0.4 is 0 Å². The van der Waals surface area contributed by atoms with Crippen molar-refractivity contribution in [2.24, 2.45) is 23.7 Å². The fraction of sp³-hybridized carbons (Fsp3) is 0.591. The van der Waals surface area contributed by atoms with Crippen LogP contribution in [-0.2, 0) is 29.8 Å². The minimum Gasteiger partial charge on any atom is -0.506 e. The summed E-state index contributed by atoms with van der Waals surface area (Å²) >= 11 is 6.60. The second-order valence-corrected chi connectivity index (χ2v) is 9.18. The van der Waals surface area contributed by atoms with Crippen LogP contribution in [0.5, 0.6) is 5.75 Å². The van der Waals surface area contributed by atoms with Gasteiger partial charge < -0.3 is 14.6 Å². The van der Waals surface area contributed by atoms with Crippen LogP contribution >= 0.6 is 11.6 Å². The Morgan fingerprint density at radius 2 is 1.79 bits per heavy atom. The van der Waals surface area contributed by atoms with Gasteiger partial charge in [-0.25, -0.2) is 9.68 Å². The fourth-order valence-corrected chi connectivity index (χ4v) is 6.82. The number of rotatable bonds is 4. The van der Waals surface area contributed by atoms with Crippen LogP contribution in [0.4, 0.5) is 0 Å². The molecule has 1 unspecified atom stereocenters. The first-order chi connectivity index (χ1) is 13.9. The lowest BCUT2D eigenvalue weighted by molar-refractivity contribution is -0.645. The van der Waals surface area contributed by atoms with Crippen LogP contribution in [0.3, 0.4) is 0 Å². The fourth-order valence-electron chi connectivity index (χ4n) is 6.52. The molecule has 0 radical (unpaired) electrons. The molecule has 4 bridgehead atoms. The topological polar surface area (TPSA) is 74.2 Å². The Bertz CT molecular complexity index is 848. The van der Waals surface area contributed by atoms with Gasteiger partial charge in [-0.15, -0.1) is 0 Å². The first-order valence-corrected chi connectivity index (χ1v) is 10.5. The third kappa shape index (κ3) is 2.49. The lowest BCUT2D eigenvalue weighted by Crippen LogP contribution is -2.76. The zero-order chi connectivity index (χ0) is 20.4. The van der Waals surface area contributed by atoms with Gasteiger partial charge in [-0.05, 0) is 61.9 Å². The van der Waals surface area contributed by atoms with Crippen molar-refractivity contribution in [2.75, 3.05) is 14.2 Å². The Labute approximate surface area is 174 Å². The largest absolute Gasteiger partial charge is 0.506 e. The smallest absolute Gasteiger partial charge is 0.330 e. The van der Waals surface area contributed by atoms with Gasteiger partial charge in [-0.3, -0.25) is 0 Å². The van der Waals surface area contributed by atoms with E-state index in [1.54, 1.807) is 19.2 Å². The van der Waals surface area contributed by atoms with Gasteiger partial charge in [0.15, 0.2) is 5.60 Å². The summed E-state index contributed by atoms with van der Waals surface area (Å²) in [6, 6.07) is 3.49. The Morgan fingerprint density at radius 1 is 1.14 bits per heavy atom. The van der Waals surface area contributed by atoms with Crippen LogP contribution in [0, 0.1) is 23.7 Å². The number of phenols is 1. The number of esters is 1. The maximum Gasteiger partial charge on any atom is 0.330 e. The van der Waals surface area contributed by atoms with Gasteiger partial charge in [0.1, 0.15) is 5.75 Å². The van der Waals surface area contributed by atoms with Gasteiger partial charge in [0.25, 0.3) is 5.79 Å². The van der Waals surface area contributed by atoms with Crippen LogP contribution in [0.25, 0.3) is 6.08 Å². The molecule has 1 heterocycles. The number of halogens is 1. The molecule has 1 N–H and O–H groups in total. The molecule has 1 aromatic carbocycles. The zero-order valence-corrected chi connectivity index (χ0v) is 17.3. The molecular weight excluding hydrogens is 396 g/mol. The summed E-state index contributed by atoms with van der Waals surface area (Å²) in [5.74, 6) is 0.438. The van der Waals surface area contributed by atoms with Gasteiger partial charge >= 0.3 is 5.97 Å². The Hall–Kier alpha value is -1.60. The first-order valence-electron chi connectivity index (χ1n) is 10.1. The molecule has 1 spiro atoms. The minimum atomic E-state index is -1.14. The van der Waals surface area contributed by atoms with Crippen LogP contribution in [0.1, 0.15) is 43.2 Å². The van der Waals surface area contributed by atoms with Gasteiger partial charge in [0.2, 0.25) is 0 Å². The summed E-state index contributed by atoms with van der Waals surface area (Å²) in [5, 5.41) is 10.8. The molecular formula is C22H25ClO6. The molecule has 4 aliphatic carbocycles. The molecule has 5 fully saturated rings. The van der Waals surface area contributed by atoms with Crippen molar-refractivity contribution in [2.45, 2.75) is 43.5 Å². The number of hydrogen-bond acceptors (Lipinski definition) is 6. The Kier molecular flexibility index (Phi) is 4.48. The van der Waals surface area contributed by atoms with Crippen molar-refractivity contribution in [3.8, 4) is 5.75 Å². The van der Waals surface area contributed by atoms with Crippen molar-refractivity contribution in [1.29, 1.82) is 0 Å². The van der Waals surface area contributed by atoms with Gasteiger partial charge in [0, 0.05) is 24.3 Å². The van der Waals surface area contributed by atoms with E-state index < -0.39 is 17.4 Å². The van der Waals surface area contributed by atoms with E-state index in [1.807, 2.05) is 0 Å². The number of ether oxygens (including phenoxy) is 2. The molecule has 1 aliphatic heterocycles. The third-order valence-electron chi connectivity index (χ3n) is 7.55. The predicted molar refractivity (Wildman–Crippen MR) is 105 cm³/mol. The number of methoxy groups -OCH3 is 2. The molecule has 1 saturated heterocycles. The van der Waals surface area contributed by atoms with E-state index in [0.29, 0.717) is 23.0 Å². The number of benzene rings is 1. The van der Waals surface area contributed by atoms with E-state index in [0.717, 1.165) is 37.5 Å². The van der Waals surface area contributed by atoms with Gasteiger partial charge in [-0.1, -0.05) is 23.7 Å². The molecule has 156 valence electrons. The first kappa shape index (κ1) is 19.4. The molecule has 1 atom stereocenters. The lowest BCUT2D eigenvalue weighted by Gasteiger charge is -2.68. The van der Waals surface area contributed by atoms with E-state index in [9.17, 15) is 9.90 Å². The van der Waals surface area contributed by atoms with Crippen LogP contribution in [-0.4, -0.2) is 30.9 Å². The zero-order valence-electron chi connectivity index (χ0n) is 16.5. The van der Waals surface area contributed by atoms with Crippen molar-refractivity contribution in [3.63, 3.8) is 0 Å². The van der Waals surface area contributed by atoms with Gasteiger partial charge in [-0.2, -0.15) is 4.89 Å². The molecule has 1 aromatic rings. The van der Waals surface area contributed by atoms with Crippen LogP contribution in [0.2, 0.25) is 5.02 Å². The SMILES string of the molecule is COC(=O)/C=C/c1ccc(C2(OC)OOC23C2CC4CC(C2)CC3C4)c(Cl)c1O. The van der Waals surface area contributed by atoms with Crippen molar-refractivity contribution >= 4 is 23.6 Å². The molecule has 0 aromatic heterocycles. The number of aromatic hydroxyl groups is 1. The van der Waals surface area contributed by atoms with E-state index >= 15 is 0 Å². The summed E-state index contributed by atoms with van der Waals surface area (Å²) in [6.45, 7) is 0. The monoisotopic (exact) mass is 420 g/mol. The van der Waals surface area contributed by atoms with E-state index in [-0.39, 0.29) is 10.8 Å². The summed E-state index contributed by atoms with van der Waals surface area (Å²) in [6.07, 6.45) is 8.49. The summed E-state index contributed by atoms with van der Waals surface area (Å²) < 4.78 is 10.6. The second kappa shape index (κ2) is 6.71. The highest BCUT2D eigenvalue weighted by Gasteiger charge is 2.77. The van der Waals surface area contributed by atoms with Crippen molar-refractivity contribution in [3.05, 3.63) is 34.4 Å². The van der Waals surface area contributed by atoms with Crippen molar-refractivity contribution < 1.29 is 29.1 Å². The predicted octanol–water partition coefficient (Wildman–Crippen LogP) is 4.19. The highest BCUT2D eigenvalue weighted by molar-refractivity contribution is 6.33. The summed E-state index contributed by atoms with van der Waals surface area (Å²) in [7, 11) is 2.90. The van der Waals surface area contributed by atoms with Gasteiger partial charge in [0.05, 0.1) is 12.1 Å².